The van der Waals surface area contributed by atoms with Crippen molar-refractivity contribution in [2.24, 2.45) is 0 Å². The van der Waals surface area contributed by atoms with E-state index in [-0.39, 0.29) is 34.1 Å². The normalized spacial score (nSPS) is 13.4. The molecule has 0 spiro atoms. The number of aromatic hydroxyl groups is 1. The standard InChI is InChI=1S/C17H17Cl2O5P/c1-2-24-25(23,13-5-3-4-12(20)10-13)7-6-11-8-14(18)16(17(21)22)15(19)9-11/h3-5,8-10,20H,2,6-7H2,1H3,(H,21,22). The summed E-state index contributed by atoms with van der Waals surface area (Å²) in [4.78, 5) is 11.1. The second kappa shape index (κ2) is 8.24. The summed E-state index contributed by atoms with van der Waals surface area (Å²) < 4.78 is 18.7. The Bertz CT molecular complexity index is 815. The first-order valence-corrected chi connectivity index (χ1v) is 10.1. The van der Waals surface area contributed by atoms with Crippen LogP contribution in [0, 0.1) is 0 Å². The molecular weight excluding hydrogens is 386 g/mol. The molecule has 5 nitrogen and oxygen atoms in total. The highest BCUT2D eigenvalue weighted by atomic mass is 35.5. The molecule has 2 aromatic rings. The molecule has 2 rings (SSSR count). The predicted octanol–water partition coefficient (Wildman–Crippen LogP) is 4.58. The predicted molar refractivity (Wildman–Crippen MR) is 99.0 cm³/mol. The fourth-order valence-electron chi connectivity index (χ4n) is 2.43. The molecule has 134 valence electrons. The molecule has 0 aliphatic carbocycles. The minimum absolute atomic E-state index is 0.00864. The summed E-state index contributed by atoms with van der Waals surface area (Å²) in [6.07, 6.45) is 0.496. The molecule has 0 saturated carbocycles. The molecular formula is C17H17Cl2O5P. The van der Waals surface area contributed by atoms with E-state index < -0.39 is 13.3 Å². The fraction of sp³-hybridized carbons (Fsp3) is 0.235. The lowest BCUT2D eigenvalue weighted by Crippen LogP contribution is -2.12. The van der Waals surface area contributed by atoms with Crippen LogP contribution >= 0.6 is 30.6 Å². The number of carboxylic acid groups (broad SMARTS) is 1. The Hall–Kier alpha value is -1.52. The van der Waals surface area contributed by atoms with Gasteiger partial charge in [-0.3, -0.25) is 4.57 Å². The maximum absolute atomic E-state index is 13.2. The molecule has 0 aromatic heterocycles. The topological polar surface area (TPSA) is 83.8 Å². The van der Waals surface area contributed by atoms with Gasteiger partial charge in [0.05, 0.1) is 22.2 Å². The van der Waals surface area contributed by atoms with E-state index in [4.69, 9.17) is 32.8 Å². The van der Waals surface area contributed by atoms with E-state index in [9.17, 15) is 14.5 Å². The van der Waals surface area contributed by atoms with Crippen LogP contribution in [0.15, 0.2) is 36.4 Å². The van der Waals surface area contributed by atoms with Gasteiger partial charge >= 0.3 is 5.97 Å². The number of phenols is 1. The minimum atomic E-state index is -3.19. The van der Waals surface area contributed by atoms with Crippen LogP contribution in [0.4, 0.5) is 0 Å². The molecule has 2 aromatic carbocycles. The first-order valence-electron chi connectivity index (χ1n) is 7.51. The van der Waals surface area contributed by atoms with Crippen molar-refractivity contribution < 1.29 is 24.1 Å². The largest absolute Gasteiger partial charge is 0.508 e. The first-order chi connectivity index (χ1) is 11.8. The van der Waals surface area contributed by atoms with Crippen LogP contribution < -0.4 is 5.30 Å². The van der Waals surface area contributed by atoms with Crippen molar-refractivity contribution in [1.29, 1.82) is 0 Å². The third-order valence-electron chi connectivity index (χ3n) is 3.57. The van der Waals surface area contributed by atoms with Gasteiger partial charge < -0.3 is 14.7 Å². The number of rotatable bonds is 7. The lowest BCUT2D eigenvalue weighted by atomic mass is 10.1. The van der Waals surface area contributed by atoms with Gasteiger partial charge in [-0.15, -0.1) is 0 Å². The Balaban J connectivity index is 2.28. The van der Waals surface area contributed by atoms with Gasteiger partial charge in [-0.25, -0.2) is 4.79 Å². The Morgan fingerprint density at radius 3 is 2.36 bits per heavy atom. The van der Waals surface area contributed by atoms with E-state index in [0.29, 0.717) is 17.3 Å². The van der Waals surface area contributed by atoms with E-state index >= 15 is 0 Å². The van der Waals surface area contributed by atoms with Crippen LogP contribution in [-0.2, 0) is 15.5 Å². The zero-order chi connectivity index (χ0) is 18.6. The van der Waals surface area contributed by atoms with E-state index in [1.54, 1.807) is 19.1 Å². The Morgan fingerprint density at radius 1 is 1.20 bits per heavy atom. The summed E-state index contributed by atoms with van der Waals surface area (Å²) in [5.41, 5.74) is 0.494. The molecule has 0 heterocycles. The lowest BCUT2D eigenvalue weighted by molar-refractivity contribution is 0.0697. The minimum Gasteiger partial charge on any atom is -0.508 e. The molecule has 1 atom stereocenters. The summed E-state index contributed by atoms with van der Waals surface area (Å²) in [7, 11) is -3.19. The number of carboxylic acids is 1. The van der Waals surface area contributed by atoms with Crippen molar-refractivity contribution in [2.45, 2.75) is 13.3 Å². The Kier molecular flexibility index (Phi) is 6.53. The molecule has 0 aliphatic rings. The van der Waals surface area contributed by atoms with Crippen LogP contribution in [-0.4, -0.2) is 29.0 Å². The van der Waals surface area contributed by atoms with Gasteiger partial charge in [-0.2, -0.15) is 0 Å². The SMILES string of the molecule is CCOP(=O)(CCc1cc(Cl)c(C(=O)O)c(Cl)c1)c1cccc(O)c1. The summed E-state index contributed by atoms with van der Waals surface area (Å²) >= 11 is 12.0. The Labute approximate surface area is 155 Å². The molecule has 0 aliphatic heterocycles. The van der Waals surface area contributed by atoms with Crippen molar-refractivity contribution in [3.63, 3.8) is 0 Å². The molecule has 0 fully saturated rings. The Morgan fingerprint density at radius 2 is 1.84 bits per heavy atom. The second-order valence-electron chi connectivity index (χ2n) is 5.32. The number of hydrogen-bond donors (Lipinski definition) is 2. The van der Waals surface area contributed by atoms with Gasteiger partial charge in [0.1, 0.15) is 5.75 Å². The number of benzene rings is 2. The molecule has 0 saturated heterocycles. The van der Waals surface area contributed by atoms with Gasteiger partial charge in [0.2, 0.25) is 7.37 Å². The lowest BCUT2D eigenvalue weighted by Gasteiger charge is -2.18. The summed E-state index contributed by atoms with van der Waals surface area (Å²) in [6, 6.07) is 9.15. The van der Waals surface area contributed by atoms with Crippen LogP contribution in [0.3, 0.4) is 0 Å². The zero-order valence-corrected chi connectivity index (χ0v) is 15.8. The van der Waals surface area contributed by atoms with Gasteiger partial charge in [0.15, 0.2) is 0 Å². The second-order valence-corrected chi connectivity index (χ2v) is 8.71. The molecule has 0 amide bonds. The van der Waals surface area contributed by atoms with Crippen LogP contribution in [0.2, 0.25) is 10.0 Å². The van der Waals surface area contributed by atoms with Crippen LogP contribution in [0.25, 0.3) is 0 Å². The number of phenolic OH excluding ortho intramolecular Hbond substituents is 1. The molecule has 8 heteroatoms. The highest BCUT2D eigenvalue weighted by Crippen LogP contribution is 2.46. The van der Waals surface area contributed by atoms with Crippen molar-refractivity contribution in [3.8, 4) is 5.75 Å². The quantitative estimate of drug-likeness (QED) is 0.662. The zero-order valence-electron chi connectivity index (χ0n) is 13.4. The highest BCUT2D eigenvalue weighted by molar-refractivity contribution is 7.67. The van der Waals surface area contributed by atoms with E-state index in [1.807, 2.05) is 0 Å². The number of halogens is 2. The van der Waals surface area contributed by atoms with Crippen molar-refractivity contribution in [3.05, 3.63) is 57.6 Å². The maximum atomic E-state index is 13.2. The van der Waals surface area contributed by atoms with Gasteiger partial charge in [-0.1, -0.05) is 29.3 Å². The van der Waals surface area contributed by atoms with Crippen LogP contribution in [0.5, 0.6) is 5.75 Å². The third-order valence-corrected chi connectivity index (χ3v) is 6.72. The molecule has 0 radical (unpaired) electrons. The fourth-order valence-corrected chi connectivity index (χ4v) is 5.27. The maximum Gasteiger partial charge on any atom is 0.338 e. The molecule has 0 bridgehead atoms. The number of aryl methyl sites for hydroxylation is 1. The number of hydrogen-bond acceptors (Lipinski definition) is 4. The average molecular weight is 403 g/mol. The van der Waals surface area contributed by atoms with Crippen molar-refractivity contribution >= 4 is 41.8 Å². The van der Waals surface area contributed by atoms with Gasteiger partial charge in [0.25, 0.3) is 0 Å². The van der Waals surface area contributed by atoms with E-state index in [1.165, 1.54) is 24.3 Å². The van der Waals surface area contributed by atoms with Crippen molar-refractivity contribution in [2.75, 3.05) is 12.8 Å². The van der Waals surface area contributed by atoms with E-state index in [2.05, 4.69) is 0 Å². The summed E-state index contributed by atoms with van der Waals surface area (Å²) in [5, 5.41) is 19.2. The van der Waals surface area contributed by atoms with Crippen LogP contribution in [0.1, 0.15) is 22.8 Å². The van der Waals surface area contributed by atoms with Gasteiger partial charge in [0, 0.05) is 11.5 Å². The number of carbonyl (C=O) groups is 1. The molecule has 2 N–H and O–H groups in total. The summed E-state index contributed by atoms with van der Waals surface area (Å²) in [6.45, 7) is 2.00. The molecule has 25 heavy (non-hydrogen) atoms. The van der Waals surface area contributed by atoms with E-state index in [0.717, 1.165) is 0 Å². The van der Waals surface area contributed by atoms with Crippen molar-refractivity contribution in [1.82, 2.24) is 0 Å². The first kappa shape index (κ1) is 19.8. The third kappa shape index (κ3) is 4.77. The summed E-state index contributed by atoms with van der Waals surface area (Å²) in [5.74, 6) is -1.20. The average Bonchev–Trinajstić information content (AvgIpc) is 2.52. The number of aromatic carboxylic acids is 1. The molecule has 1 unspecified atom stereocenters. The smallest absolute Gasteiger partial charge is 0.338 e. The highest BCUT2D eigenvalue weighted by Gasteiger charge is 2.26. The monoisotopic (exact) mass is 402 g/mol. The van der Waals surface area contributed by atoms with Gasteiger partial charge in [-0.05, 0) is 49.2 Å².